The quantitative estimate of drug-likeness (QED) is 0.669. The van der Waals surface area contributed by atoms with Crippen LogP contribution in [0.1, 0.15) is 13.8 Å². The first-order valence-corrected chi connectivity index (χ1v) is 6.58. The van der Waals surface area contributed by atoms with Gasteiger partial charge in [0.15, 0.2) is 0 Å². The molecule has 1 saturated heterocycles. The Morgan fingerprint density at radius 2 is 1.45 bits per heavy atom. The maximum Gasteiger partial charge on any atom is 0.471 e. The monoisotopic (exact) mass is 283 g/mol. The van der Waals surface area contributed by atoms with Crippen LogP contribution in [0.3, 0.4) is 0 Å². The van der Waals surface area contributed by atoms with Gasteiger partial charge in [-0.05, 0) is 5.41 Å². The Morgan fingerprint density at radius 1 is 1.00 bits per heavy atom. The highest BCUT2D eigenvalue weighted by atomic mass is 19.4. The molecule has 1 saturated carbocycles. The van der Waals surface area contributed by atoms with Gasteiger partial charge in [-0.15, -0.1) is 0 Å². The highest BCUT2D eigenvalue weighted by Crippen LogP contribution is 2.82. The smallest absolute Gasteiger partial charge is 0.333 e. The largest absolute Gasteiger partial charge is 0.471 e. The molecule has 2 aliphatic carbocycles. The lowest BCUT2D eigenvalue weighted by molar-refractivity contribution is -0.185. The summed E-state index contributed by atoms with van der Waals surface area (Å²) in [4.78, 5) is 12.4. The number of carbonyl (C=O) groups is 1. The van der Waals surface area contributed by atoms with Crippen molar-refractivity contribution in [1.82, 2.24) is 4.90 Å². The Balaban J connectivity index is 1.98. The summed E-state index contributed by atoms with van der Waals surface area (Å²) in [6.07, 6.45) is 6.60. The Hall–Kier alpha value is -1.52. The minimum absolute atomic E-state index is 0.132. The molecule has 5 heteroatoms. The van der Waals surface area contributed by atoms with Crippen molar-refractivity contribution in [2.75, 3.05) is 13.1 Å². The van der Waals surface area contributed by atoms with Crippen LogP contribution in [0.15, 0.2) is 36.5 Å². The van der Waals surface area contributed by atoms with Gasteiger partial charge in [0.2, 0.25) is 0 Å². The van der Waals surface area contributed by atoms with Crippen molar-refractivity contribution in [3.63, 3.8) is 0 Å². The number of rotatable bonds is 0. The van der Waals surface area contributed by atoms with Gasteiger partial charge >= 0.3 is 12.1 Å². The van der Waals surface area contributed by atoms with E-state index in [1.54, 1.807) is 0 Å². The van der Waals surface area contributed by atoms with Crippen LogP contribution in [0.5, 0.6) is 0 Å². The predicted molar refractivity (Wildman–Crippen MR) is 68.7 cm³/mol. The molecule has 2 unspecified atom stereocenters. The topological polar surface area (TPSA) is 20.3 Å². The average molecular weight is 283 g/mol. The normalized spacial score (nSPS) is 37.1. The summed E-state index contributed by atoms with van der Waals surface area (Å²) < 4.78 is 37.9. The number of amides is 1. The highest BCUT2D eigenvalue weighted by molar-refractivity contribution is 5.83. The molecular formula is C15H16F3NO. The van der Waals surface area contributed by atoms with Crippen molar-refractivity contribution >= 4 is 5.91 Å². The molecule has 0 bridgehead atoms. The van der Waals surface area contributed by atoms with E-state index < -0.39 is 12.1 Å². The average Bonchev–Trinajstić information content (AvgIpc) is 2.60. The zero-order valence-electron chi connectivity index (χ0n) is 11.4. The fourth-order valence-electron chi connectivity index (χ4n) is 4.18. The minimum atomic E-state index is -4.80. The van der Waals surface area contributed by atoms with E-state index in [0.717, 1.165) is 4.90 Å². The number of hydrogen-bond acceptors (Lipinski definition) is 1. The van der Waals surface area contributed by atoms with Crippen molar-refractivity contribution in [1.29, 1.82) is 0 Å². The third-order valence-corrected chi connectivity index (χ3v) is 5.47. The molecule has 0 spiro atoms. The van der Waals surface area contributed by atoms with Gasteiger partial charge in [-0.1, -0.05) is 50.3 Å². The van der Waals surface area contributed by atoms with Crippen molar-refractivity contribution in [3.05, 3.63) is 36.5 Å². The molecule has 0 N–H and O–H groups in total. The van der Waals surface area contributed by atoms with Gasteiger partial charge in [-0.2, -0.15) is 13.2 Å². The molecule has 1 aliphatic heterocycles. The lowest BCUT2D eigenvalue weighted by Gasteiger charge is -2.27. The summed E-state index contributed by atoms with van der Waals surface area (Å²) >= 11 is 0. The first kappa shape index (κ1) is 13.5. The van der Waals surface area contributed by atoms with E-state index in [1.165, 1.54) is 0 Å². The van der Waals surface area contributed by atoms with E-state index in [9.17, 15) is 18.0 Å². The lowest BCUT2D eigenvalue weighted by Crippen LogP contribution is -2.43. The van der Waals surface area contributed by atoms with Gasteiger partial charge in [0.1, 0.15) is 0 Å². The molecule has 1 heterocycles. The molecule has 108 valence electrons. The second-order valence-electron chi connectivity index (χ2n) is 6.33. The third kappa shape index (κ3) is 1.33. The van der Waals surface area contributed by atoms with Crippen molar-refractivity contribution in [2.24, 2.45) is 16.2 Å². The van der Waals surface area contributed by atoms with E-state index in [4.69, 9.17) is 0 Å². The molecule has 2 fully saturated rings. The Kier molecular flexibility index (Phi) is 2.40. The van der Waals surface area contributed by atoms with E-state index in [0.29, 0.717) is 0 Å². The maximum atomic E-state index is 12.6. The summed E-state index contributed by atoms with van der Waals surface area (Å²) in [7, 11) is 0. The molecule has 20 heavy (non-hydrogen) atoms. The molecule has 0 aromatic heterocycles. The van der Waals surface area contributed by atoms with Gasteiger partial charge in [0, 0.05) is 23.9 Å². The number of nitrogens with zero attached hydrogens (tertiary/aromatic N) is 1. The molecule has 0 aromatic rings. The lowest BCUT2D eigenvalue weighted by atomic mass is 9.94. The number of allylic oxidation sites excluding steroid dienone is 4. The maximum absolute atomic E-state index is 12.6. The van der Waals surface area contributed by atoms with Gasteiger partial charge in [0.05, 0.1) is 0 Å². The Labute approximate surface area is 115 Å². The number of alkyl halides is 3. The van der Waals surface area contributed by atoms with E-state index in [2.05, 4.69) is 13.8 Å². The van der Waals surface area contributed by atoms with Gasteiger partial charge < -0.3 is 4.90 Å². The first-order valence-electron chi connectivity index (χ1n) is 6.58. The van der Waals surface area contributed by atoms with Crippen LogP contribution in [-0.4, -0.2) is 30.1 Å². The summed E-state index contributed by atoms with van der Waals surface area (Å²) in [6, 6.07) is 0. The number of hydrogen-bond donors (Lipinski definition) is 0. The summed E-state index contributed by atoms with van der Waals surface area (Å²) in [5.41, 5.74) is -0.911. The minimum Gasteiger partial charge on any atom is -0.333 e. The predicted octanol–water partition coefficient (Wildman–Crippen LogP) is 3.09. The SMILES string of the molecule is CC1(C)C23C=CC=CC=CC12CN(C(=O)C(F)(F)F)C3. The third-order valence-electron chi connectivity index (χ3n) is 5.47. The van der Waals surface area contributed by atoms with Crippen LogP contribution in [0.25, 0.3) is 0 Å². The van der Waals surface area contributed by atoms with Gasteiger partial charge in [-0.25, -0.2) is 0 Å². The molecule has 3 aliphatic rings. The van der Waals surface area contributed by atoms with Crippen molar-refractivity contribution < 1.29 is 18.0 Å². The second kappa shape index (κ2) is 3.57. The zero-order chi connectivity index (χ0) is 14.8. The molecule has 0 radical (unpaired) electrons. The van der Waals surface area contributed by atoms with Crippen LogP contribution < -0.4 is 0 Å². The van der Waals surface area contributed by atoms with E-state index in [-0.39, 0.29) is 29.3 Å². The van der Waals surface area contributed by atoms with Crippen molar-refractivity contribution in [2.45, 2.75) is 20.0 Å². The van der Waals surface area contributed by atoms with Gasteiger partial charge in [-0.3, -0.25) is 4.79 Å². The summed E-state index contributed by atoms with van der Waals surface area (Å²) in [6.45, 7) is 4.38. The van der Waals surface area contributed by atoms with Crippen LogP contribution in [0.2, 0.25) is 0 Å². The van der Waals surface area contributed by atoms with Gasteiger partial charge in [0.25, 0.3) is 0 Å². The Bertz CT molecular complexity index is 524. The van der Waals surface area contributed by atoms with Crippen LogP contribution >= 0.6 is 0 Å². The van der Waals surface area contributed by atoms with Crippen LogP contribution in [0, 0.1) is 16.2 Å². The van der Waals surface area contributed by atoms with Crippen LogP contribution in [-0.2, 0) is 4.79 Å². The number of carbonyl (C=O) groups excluding carboxylic acids is 1. The standard InChI is InChI=1S/C15H16F3NO/c1-12(2)13-7-5-3-4-6-8-14(12,13)10-19(9-13)11(20)15(16,17)18/h3-8H,9-10H2,1-2H3. The fraction of sp³-hybridized carbons (Fsp3) is 0.533. The summed E-state index contributed by atoms with van der Waals surface area (Å²) in [5, 5.41) is 0. The number of piperidine rings is 1. The second-order valence-corrected chi connectivity index (χ2v) is 6.33. The molecule has 1 amide bonds. The van der Waals surface area contributed by atoms with Crippen molar-refractivity contribution in [3.8, 4) is 0 Å². The molecule has 2 nitrogen and oxygen atoms in total. The number of halogens is 3. The molecule has 0 aromatic carbocycles. The molecular weight excluding hydrogens is 267 g/mol. The Morgan fingerprint density at radius 3 is 1.85 bits per heavy atom. The number of likely N-dealkylation sites (tertiary alicyclic amines) is 1. The zero-order valence-corrected chi connectivity index (χ0v) is 11.4. The van der Waals surface area contributed by atoms with E-state index in [1.807, 2.05) is 36.5 Å². The first-order chi connectivity index (χ1) is 9.18. The molecule has 2 atom stereocenters. The summed E-state index contributed by atoms with van der Waals surface area (Å²) in [5.74, 6) is -1.73. The fourth-order valence-corrected chi connectivity index (χ4v) is 4.18. The molecule has 3 rings (SSSR count). The highest BCUT2D eigenvalue weighted by Gasteiger charge is 2.83. The van der Waals surface area contributed by atoms with Crippen LogP contribution in [0.4, 0.5) is 13.2 Å². The van der Waals surface area contributed by atoms with E-state index >= 15 is 0 Å².